The molecule has 2 heterocycles. The number of phenols is 1. The maximum Gasteiger partial charge on any atom is 0.148 e. The first kappa shape index (κ1) is 47.6. The molecular formula is C68H68N3OPt-. The zero-order valence-electron chi connectivity index (χ0n) is 45.2. The summed E-state index contributed by atoms with van der Waals surface area (Å²) in [6, 6.07) is 59.5. The first-order valence-electron chi connectivity index (χ1n) is 27.4. The van der Waals surface area contributed by atoms with E-state index in [0.29, 0.717) is 17.3 Å². The maximum atomic E-state index is 12.7. The van der Waals surface area contributed by atoms with Crippen molar-refractivity contribution in [2.45, 2.75) is 117 Å². The Morgan fingerprint density at radius 3 is 1.90 bits per heavy atom. The Morgan fingerprint density at radius 2 is 1.22 bits per heavy atom. The summed E-state index contributed by atoms with van der Waals surface area (Å²) in [7, 11) is 0. The molecule has 2 aliphatic carbocycles. The maximum absolute atomic E-state index is 12.7. The van der Waals surface area contributed by atoms with Gasteiger partial charge in [-0.1, -0.05) is 225 Å². The fraction of sp³-hybridized carbons (Fsp3) is 0.294. The number of benzene rings is 7. The van der Waals surface area contributed by atoms with Gasteiger partial charge in [-0.05, 0) is 105 Å². The van der Waals surface area contributed by atoms with Crippen molar-refractivity contribution in [3.8, 4) is 78.6 Å². The van der Waals surface area contributed by atoms with Crippen molar-refractivity contribution in [3.63, 3.8) is 0 Å². The molecule has 2 aromatic heterocycles. The quantitative estimate of drug-likeness (QED) is 0.131. The predicted octanol–water partition coefficient (Wildman–Crippen LogP) is 18.0. The zero-order valence-corrected chi connectivity index (χ0v) is 45.5. The molecule has 372 valence electrons. The summed E-state index contributed by atoms with van der Waals surface area (Å²) in [5, 5.41) is 12.7. The molecule has 0 radical (unpaired) electrons. The molecule has 0 atom stereocenters. The molecule has 0 saturated heterocycles. The molecule has 73 heavy (non-hydrogen) atoms. The molecule has 4 nitrogen and oxygen atoms in total. The van der Waals surface area contributed by atoms with Crippen LogP contribution < -0.4 is 0 Å². The number of phenolic OH excluding ortho intramolecular Hbond substituents is 1. The third-order valence-electron chi connectivity index (χ3n) is 15.3. The molecule has 9 aromatic rings. The number of nitrogens with zero attached hydrogens (tertiary/aromatic N) is 3. The number of aromatic nitrogens is 3. The number of rotatable bonds is 11. The van der Waals surface area contributed by atoms with Crippen LogP contribution in [-0.4, -0.2) is 19.6 Å². The number of para-hydroxylation sites is 1. The van der Waals surface area contributed by atoms with Crippen LogP contribution in [-0.2, 0) is 44.7 Å². The van der Waals surface area contributed by atoms with Gasteiger partial charge >= 0.3 is 0 Å². The van der Waals surface area contributed by atoms with Crippen LogP contribution in [0.5, 0.6) is 5.75 Å². The SMILES string of the molecule is [2H]C([2H])(c1ccc(-c2ccnc(-c3[c-]c(-c4cccc5c4nc(-c4cc(C(C)(C)C)cc(C(C)(C)C)c4O)n5-c4ccc(CC5CCCC5)cc4-c4ccccc4)cc(-c4ccccc4)c3)c2)cc1)C1CCCC1.[Pt]. The molecule has 0 unspecified atom stereocenters. The Bertz CT molecular complexity index is 3480. The van der Waals surface area contributed by atoms with Crippen LogP contribution in [0.25, 0.3) is 83.9 Å². The Hall–Kier alpha value is -6.35. The number of pyridine rings is 1. The van der Waals surface area contributed by atoms with E-state index >= 15 is 0 Å². The minimum Gasteiger partial charge on any atom is -0.507 e. The molecule has 0 amide bonds. The van der Waals surface area contributed by atoms with E-state index < -0.39 is 6.37 Å². The molecule has 0 aliphatic heterocycles. The van der Waals surface area contributed by atoms with Crippen LogP contribution in [0.3, 0.4) is 0 Å². The van der Waals surface area contributed by atoms with Gasteiger partial charge in [-0.3, -0.25) is 9.55 Å². The fourth-order valence-electron chi connectivity index (χ4n) is 11.3. The second-order valence-corrected chi connectivity index (χ2v) is 22.6. The average Bonchev–Trinajstić information content (AvgIpc) is 4.23. The largest absolute Gasteiger partial charge is 0.507 e. The van der Waals surface area contributed by atoms with Gasteiger partial charge in [-0.2, -0.15) is 0 Å². The van der Waals surface area contributed by atoms with Crippen molar-refractivity contribution in [2.24, 2.45) is 11.8 Å². The van der Waals surface area contributed by atoms with Crippen molar-refractivity contribution >= 4 is 11.0 Å². The third kappa shape index (κ3) is 10.6. The normalized spacial score (nSPS) is 15.1. The number of imidazole rings is 1. The summed E-state index contributed by atoms with van der Waals surface area (Å²) in [6.45, 7) is 13.2. The van der Waals surface area contributed by atoms with Crippen LogP contribution in [0.2, 0.25) is 0 Å². The Balaban J connectivity index is 0.00000641. The van der Waals surface area contributed by atoms with E-state index in [1.807, 2.05) is 30.5 Å². The number of hydrogen-bond donors (Lipinski definition) is 1. The number of hydrogen-bond acceptors (Lipinski definition) is 3. The van der Waals surface area contributed by atoms with Crippen LogP contribution in [0.15, 0.2) is 164 Å². The fourth-order valence-corrected chi connectivity index (χ4v) is 11.3. The van der Waals surface area contributed by atoms with Gasteiger partial charge in [-0.25, -0.2) is 4.98 Å². The molecule has 2 saturated carbocycles. The van der Waals surface area contributed by atoms with E-state index in [4.69, 9.17) is 12.7 Å². The van der Waals surface area contributed by atoms with E-state index in [0.717, 1.165) is 121 Å². The van der Waals surface area contributed by atoms with Gasteiger partial charge in [0.2, 0.25) is 0 Å². The summed E-state index contributed by atoms with van der Waals surface area (Å²) >= 11 is 0. The molecule has 1 N–H and O–H groups in total. The minimum absolute atomic E-state index is 0. The molecule has 2 aliphatic rings. The van der Waals surface area contributed by atoms with Crippen molar-refractivity contribution < 1.29 is 28.9 Å². The molecule has 11 rings (SSSR count). The predicted molar refractivity (Wildman–Crippen MR) is 301 cm³/mol. The van der Waals surface area contributed by atoms with E-state index in [1.165, 1.54) is 31.2 Å². The summed E-state index contributed by atoms with van der Waals surface area (Å²) in [5.74, 6) is 1.68. The summed E-state index contributed by atoms with van der Waals surface area (Å²) in [5.41, 5.74) is 16.8. The molecular weight excluding hydrogens is 1070 g/mol. The summed E-state index contributed by atoms with van der Waals surface area (Å²) in [4.78, 5) is 10.7. The second kappa shape index (κ2) is 20.9. The van der Waals surface area contributed by atoms with Crippen molar-refractivity contribution in [2.75, 3.05) is 0 Å². The van der Waals surface area contributed by atoms with E-state index in [-0.39, 0.29) is 43.6 Å². The number of fused-ring (bicyclic) bond motifs is 1. The van der Waals surface area contributed by atoms with Crippen molar-refractivity contribution in [3.05, 3.63) is 192 Å². The molecule has 2 fully saturated rings. The van der Waals surface area contributed by atoms with Gasteiger partial charge in [0.25, 0.3) is 0 Å². The van der Waals surface area contributed by atoms with E-state index in [1.54, 1.807) is 0 Å². The van der Waals surface area contributed by atoms with E-state index in [9.17, 15) is 5.11 Å². The van der Waals surface area contributed by atoms with Crippen LogP contribution >= 0.6 is 0 Å². The Kier molecular flexibility index (Phi) is 13.6. The average molecular weight is 1140 g/mol. The van der Waals surface area contributed by atoms with Gasteiger partial charge in [0.1, 0.15) is 11.6 Å². The van der Waals surface area contributed by atoms with Gasteiger partial charge in [-0.15, -0.1) is 23.8 Å². The summed E-state index contributed by atoms with van der Waals surface area (Å²) in [6.07, 6.45) is 10.8. The first-order chi connectivity index (χ1) is 35.6. The Labute approximate surface area is 451 Å². The second-order valence-electron chi connectivity index (χ2n) is 22.6. The molecule has 5 heteroatoms. The van der Waals surface area contributed by atoms with Gasteiger partial charge in [0, 0.05) is 46.8 Å². The topological polar surface area (TPSA) is 50.9 Å². The molecule has 0 bridgehead atoms. The monoisotopic (exact) mass is 1140 g/mol. The van der Waals surface area contributed by atoms with Crippen molar-refractivity contribution in [1.29, 1.82) is 0 Å². The van der Waals surface area contributed by atoms with Gasteiger partial charge in [0.05, 0.1) is 22.3 Å². The van der Waals surface area contributed by atoms with Crippen LogP contribution in [0.4, 0.5) is 0 Å². The molecule has 0 spiro atoms. The van der Waals surface area contributed by atoms with Crippen LogP contribution in [0.1, 0.15) is 118 Å². The summed E-state index contributed by atoms with van der Waals surface area (Å²) < 4.78 is 20.3. The minimum atomic E-state index is -1.35. The molecule has 7 aromatic carbocycles. The number of aromatic hydroxyl groups is 1. The van der Waals surface area contributed by atoms with Crippen molar-refractivity contribution in [1.82, 2.24) is 14.5 Å². The first-order valence-corrected chi connectivity index (χ1v) is 26.4. The van der Waals surface area contributed by atoms with E-state index in [2.05, 4.69) is 186 Å². The zero-order chi connectivity index (χ0) is 51.4. The van der Waals surface area contributed by atoms with Crippen LogP contribution in [0, 0.1) is 17.9 Å². The van der Waals surface area contributed by atoms with Gasteiger partial charge < -0.3 is 5.11 Å². The third-order valence-corrected chi connectivity index (χ3v) is 15.3. The smallest absolute Gasteiger partial charge is 0.148 e. The Morgan fingerprint density at radius 1 is 0.575 bits per heavy atom. The van der Waals surface area contributed by atoms with Gasteiger partial charge in [0.15, 0.2) is 0 Å². The standard InChI is InChI=1S/C68H68N3O.Pt/c1-67(2,3)56-43-59(65(72)60(44-56)68(4,5)6)66-70-64-57(26-17-27-63(64)71(66)62-33-30-48(37-46-20-15-16-21-46)38-58(62)51-24-11-8-12-25-51)54-39-53(49-22-9-7-10-23-49)40-55(41-54)61-42-52(34-35-69-61)50-31-28-47(29-32-50)36-45-18-13-14-19-45;/h7-12,17,22-35,38-40,42-46,72H,13-16,18-21,36-37H2,1-6H3;/q-1;/i36D2;.